The predicted molar refractivity (Wildman–Crippen MR) is 80.6 cm³/mol. The van der Waals surface area contributed by atoms with Gasteiger partial charge in [0.1, 0.15) is 5.38 Å². The van der Waals surface area contributed by atoms with E-state index in [4.69, 9.17) is 19.0 Å². The fourth-order valence-corrected chi connectivity index (χ4v) is 3.32. The number of carbonyl (C=O) groups is 1. The summed E-state index contributed by atoms with van der Waals surface area (Å²) in [5.41, 5.74) is 2.27. The van der Waals surface area contributed by atoms with Crippen LogP contribution in [-0.4, -0.2) is 39.9 Å². The minimum atomic E-state index is -1.45. The van der Waals surface area contributed by atoms with E-state index in [9.17, 15) is 4.79 Å². The molecule has 1 atom stereocenters. The molecule has 1 aliphatic heterocycles. The first-order valence-corrected chi connectivity index (χ1v) is 8.37. The summed E-state index contributed by atoms with van der Waals surface area (Å²) < 4.78 is 16.7. The molecule has 0 saturated heterocycles. The van der Waals surface area contributed by atoms with E-state index >= 15 is 0 Å². The zero-order valence-electron chi connectivity index (χ0n) is 12.6. The molecule has 1 N–H and O–H groups in total. The predicted octanol–water partition coefficient (Wildman–Crippen LogP) is 2.33. The average Bonchev–Trinajstić information content (AvgIpc) is 2.75. The third-order valence-corrected chi connectivity index (χ3v) is 4.44. The van der Waals surface area contributed by atoms with Crippen LogP contribution in [0.5, 0.6) is 0 Å². The molecule has 1 rings (SSSR count). The van der Waals surface area contributed by atoms with Crippen molar-refractivity contribution in [3.05, 3.63) is 35.1 Å². The van der Waals surface area contributed by atoms with E-state index < -0.39 is 15.0 Å². The lowest BCUT2D eigenvalue weighted by Crippen LogP contribution is -2.20. The zero-order chi connectivity index (χ0) is 15.5. The molecule has 114 valence electrons. The van der Waals surface area contributed by atoms with E-state index in [1.807, 2.05) is 26.8 Å². The molecular formula is C14H24O5Si. The van der Waals surface area contributed by atoms with Crippen molar-refractivity contribution in [3.63, 3.8) is 0 Å². The second-order valence-electron chi connectivity index (χ2n) is 3.92. The van der Waals surface area contributed by atoms with Gasteiger partial charge in [0.15, 0.2) is 5.76 Å². The van der Waals surface area contributed by atoms with E-state index in [1.54, 1.807) is 0 Å². The number of rotatable bonds is 7. The fourth-order valence-electron chi connectivity index (χ4n) is 1.38. The molecule has 0 aromatic heterocycles. The van der Waals surface area contributed by atoms with Crippen molar-refractivity contribution < 1.29 is 23.8 Å². The zero-order valence-corrected chi connectivity index (χ0v) is 13.8. The topological polar surface area (TPSA) is 65.0 Å². The third-order valence-electron chi connectivity index (χ3n) is 2.23. The standard InChI is InChI=1S/C10H18O3Si.C4H6O2/c1-4-11-9-7-8-14(13-6-3)10(9)12-5-2;1-3(2)4(5)6/h7-8,14H,4-6H2,1-3H3;1H2,2H3,(H,5,6). The van der Waals surface area contributed by atoms with E-state index in [2.05, 4.69) is 12.3 Å². The van der Waals surface area contributed by atoms with Crippen LogP contribution in [0.3, 0.4) is 0 Å². The Labute approximate surface area is 122 Å². The summed E-state index contributed by atoms with van der Waals surface area (Å²) in [5.74, 6) is -0.0746. The molecule has 0 bridgehead atoms. The number of allylic oxidation sites excluding steroid dienone is 1. The Balaban J connectivity index is 0.000000511. The van der Waals surface area contributed by atoms with Crippen molar-refractivity contribution in [2.24, 2.45) is 0 Å². The van der Waals surface area contributed by atoms with Gasteiger partial charge in [-0.25, -0.2) is 4.79 Å². The van der Waals surface area contributed by atoms with Crippen LogP contribution in [0.2, 0.25) is 0 Å². The summed E-state index contributed by atoms with van der Waals surface area (Å²) in [6.07, 6.45) is 1.97. The van der Waals surface area contributed by atoms with Gasteiger partial charge >= 0.3 is 5.97 Å². The van der Waals surface area contributed by atoms with Crippen molar-refractivity contribution in [3.8, 4) is 0 Å². The van der Waals surface area contributed by atoms with Gasteiger partial charge in [0.2, 0.25) is 0 Å². The highest BCUT2D eigenvalue weighted by Gasteiger charge is 2.25. The van der Waals surface area contributed by atoms with Crippen molar-refractivity contribution in [1.82, 2.24) is 0 Å². The monoisotopic (exact) mass is 300 g/mol. The van der Waals surface area contributed by atoms with Gasteiger partial charge in [0.25, 0.3) is 9.04 Å². The quantitative estimate of drug-likeness (QED) is 0.577. The summed E-state index contributed by atoms with van der Waals surface area (Å²) in [5, 5.41) is 8.83. The lowest BCUT2D eigenvalue weighted by atomic mass is 10.4. The fraction of sp³-hybridized carbons (Fsp3) is 0.500. The van der Waals surface area contributed by atoms with Gasteiger partial charge in [-0.15, -0.1) is 0 Å². The molecule has 0 aromatic rings. The Kier molecular flexibility index (Phi) is 9.49. The molecule has 0 aromatic carbocycles. The number of aliphatic carboxylic acids is 1. The summed E-state index contributed by atoms with van der Waals surface area (Å²) in [6.45, 7) is 12.6. The number of hydrogen-bond donors (Lipinski definition) is 1. The van der Waals surface area contributed by atoms with Gasteiger partial charge in [-0.2, -0.15) is 0 Å². The molecule has 0 radical (unpaired) electrons. The number of carboxylic acids is 1. The highest BCUT2D eigenvalue weighted by molar-refractivity contribution is 6.66. The normalized spacial score (nSPS) is 16.5. The van der Waals surface area contributed by atoms with Crippen LogP contribution in [-0.2, 0) is 18.7 Å². The van der Waals surface area contributed by atoms with Crippen LogP contribution in [0, 0.1) is 0 Å². The second kappa shape index (κ2) is 10.3. The first kappa shape index (κ1) is 18.5. The Morgan fingerprint density at radius 2 is 1.80 bits per heavy atom. The Morgan fingerprint density at radius 1 is 1.25 bits per heavy atom. The third kappa shape index (κ3) is 6.58. The number of carboxylic acid groups (broad SMARTS) is 1. The summed E-state index contributed by atoms with van der Waals surface area (Å²) >= 11 is 0. The maximum atomic E-state index is 9.60. The summed E-state index contributed by atoms with van der Waals surface area (Å²) in [7, 11) is -1.45. The van der Waals surface area contributed by atoms with E-state index in [0.717, 1.165) is 17.7 Å². The smallest absolute Gasteiger partial charge is 0.330 e. The first-order valence-electron chi connectivity index (χ1n) is 6.66. The van der Waals surface area contributed by atoms with Gasteiger partial charge < -0.3 is 19.0 Å². The van der Waals surface area contributed by atoms with Gasteiger partial charge in [-0.05, 0) is 33.8 Å². The molecule has 5 nitrogen and oxygen atoms in total. The molecule has 0 spiro atoms. The molecule has 0 amide bonds. The molecule has 0 aliphatic carbocycles. The summed E-state index contributed by atoms with van der Waals surface area (Å²) in [4.78, 5) is 9.60. The highest BCUT2D eigenvalue weighted by Crippen LogP contribution is 2.21. The maximum absolute atomic E-state index is 9.60. The molecule has 1 heterocycles. The van der Waals surface area contributed by atoms with Crippen molar-refractivity contribution in [2.45, 2.75) is 27.7 Å². The molecule has 20 heavy (non-hydrogen) atoms. The Hall–Kier alpha value is -1.53. The van der Waals surface area contributed by atoms with Crippen LogP contribution in [0.25, 0.3) is 0 Å². The van der Waals surface area contributed by atoms with E-state index in [-0.39, 0.29) is 5.57 Å². The van der Waals surface area contributed by atoms with Gasteiger partial charge in [0, 0.05) is 12.2 Å². The maximum Gasteiger partial charge on any atom is 0.330 e. The van der Waals surface area contributed by atoms with Crippen LogP contribution >= 0.6 is 0 Å². The molecule has 1 unspecified atom stereocenters. The van der Waals surface area contributed by atoms with Crippen LogP contribution < -0.4 is 0 Å². The minimum absolute atomic E-state index is 0.176. The lowest BCUT2D eigenvalue weighted by molar-refractivity contribution is -0.132. The largest absolute Gasteiger partial charge is 0.496 e. The van der Waals surface area contributed by atoms with E-state index in [1.165, 1.54) is 6.92 Å². The van der Waals surface area contributed by atoms with Gasteiger partial charge in [-0.1, -0.05) is 12.3 Å². The number of ether oxygens (including phenoxy) is 2. The minimum Gasteiger partial charge on any atom is -0.496 e. The second-order valence-corrected chi connectivity index (χ2v) is 6.00. The van der Waals surface area contributed by atoms with Crippen molar-refractivity contribution in [2.75, 3.05) is 19.8 Å². The van der Waals surface area contributed by atoms with E-state index in [0.29, 0.717) is 13.2 Å². The SMILES string of the molecule is C=C(C)C(=O)O.CCOC1=C(OCC)[SiH](OCC)C=C1. The Bertz CT molecular complexity index is 375. The Morgan fingerprint density at radius 3 is 2.20 bits per heavy atom. The first-order chi connectivity index (χ1) is 9.47. The lowest BCUT2D eigenvalue weighted by Gasteiger charge is -2.14. The molecule has 1 aliphatic rings. The number of hydrogen-bond acceptors (Lipinski definition) is 4. The highest BCUT2D eigenvalue weighted by atomic mass is 28.3. The molecule has 6 heteroatoms. The van der Waals surface area contributed by atoms with Gasteiger partial charge in [0.05, 0.1) is 13.2 Å². The van der Waals surface area contributed by atoms with Gasteiger partial charge in [-0.3, -0.25) is 0 Å². The van der Waals surface area contributed by atoms with Crippen molar-refractivity contribution >= 4 is 15.0 Å². The van der Waals surface area contributed by atoms with Crippen LogP contribution in [0.1, 0.15) is 27.7 Å². The average molecular weight is 300 g/mol. The van der Waals surface area contributed by atoms with Crippen LogP contribution in [0.4, 0.5) is 0 Å². The van der Waals surface area contributed by atoms with Crippen LogP contribution in [0.15, 0.2) is 35.1 Å². The van der Waals surface area contributed by atoms with Crippen molar-refractivity contribution in [1.29, 1.82) is 0 Å². The molecule has 0 fully saturated rings. The summed E-state index contributed by atoms with van der Waals surface area (Å²) in [6, 6.07) is 0. The molecular weight excluding hydrogens is 276 g/mol. The molecule has 0 saturated carbocycles.